The van der Waals surface area contributed by atoms with Crippen molar-refractivity contribution in [2.75, 3.05) is 26.3 Å². The van der Waals surface area contributed by atoms with E-state index in [1.54, 1.807) is 19.9 Å². The van der Waals surface area contributed by atoms with Crippen molar-refractivity contribution in [2.45, 2.75) is 20.8 Å². The number of carbonyl (C=O) groups excluding carboxylic acids is 4. The van der Waals surface area contributed by atoms with Gasteiger partial charge in [0.25, 0.3) is 11.1 Å². The highest BCUT2D eigenvalue weighted by molar-refractivity contribution is 8.18. The Morgan fingerprint density at radius 1 is 1.07 bits per heavy atom. The van der Waals surface area contributed by atoms with Crippen LogP contribution in [0.4, 0.5) is 4.79 Å². The van der Waals surface area contributed by atoms with Crippen molar-refractivity contribution in [1.29, 1.82) is 0 Å². The van der Waals surface area contributed by atoms with E-state index in [2.05, 4.69) is 5.32 Å². The maximum atomic E-state index is 12.5. The van der Waals surface area contributed by atoms with Crippen molar-refractivity contribution >= 4 is 40.9 Å². The van der Waals surface area contributed by atoms with Gasteiger partial charge in [-0.05, 0) is 44.2 Å². The minimum Gasteiger partial charge on any atom is -0.462 e. The van der Waals surface area contributed by atoms with Gasteiger partial charge in [0.2, 0.25) is 0 Å². The fourth-order valence-corrected chi connectivity index (χ4v) is 3.34. The van der Waals surface area contributed by atoms with Crippen molar-refractivity contribution in [3.8, 4) is 0 Å². The standard InChI is InChI=1S/C21H24N2O6S/c1-4-28-19(25)16(20(26)29-5-2)13-22-10-11-23-18(24)17(30-21(23)27)12-15-8-6-14(3)7-9-15/h6-9,12-13,22H,4-5,10-11H2,1-3H3/b17-12+. The number of benzene rings is 1. The number of rotatable bonds is 9. The Bertz CT molecular complexity index is 856. The van der Waals surface area contributed by atoms with Crippen molar-refractivity contribution in [3.05, 3.63) is 52.1 Å². The van der Waals surface area contributed by atoms with Gasteiger partial charge in [0.05, 0.1) is 18.1 Å². The number of imide groups is 1. The molecule has 1 aromatic rings. The van der Waals surface area contributed by atoms with Gasteiger partial charge < -0.3 is 14.8 Å². The lowest BCUT2D eigenvalue weighted by molar-refractivity contribution is -0.146. The van der Waals surface area contributed by atoms with Gasteiger partial charge in [-0.1, -0.05) is 29.8 Å². The zero-order valence-electron chi connectivity index (χ0n) is 17.1. The number of amides is 2. The van der Waals surface area contributed by atoms with E-state index in [-0.39, 0.29) is 43.0 Å². The monoisotopic (exact) mass is 432 g/mol. The molecule has 0 aromatic heterocycles. The van der Waals surface area contributed by atoms with Crippen LogP contribution in [0.25, 0.3) is 6.08 Å². The van der Waals surface area contributed by atoms with Crippen LogP contribution in [0.1, 0.15) is 25.0 Å². The lowest BCUT2D eigenvalue weighted by Crippen LogP contribution is -2.34. The Balaban J connectivity index is 1.99. The molecule has 1 N–H and O–H groups in total. The molecule has 0 saturated carbocycles. The van der Waals surface area contributed by atoms with E-state index in [1.165, 1.54) is 6.20 Å². The molecule has 8 nitrogen and oxygen atoms in total. The normalized spacial score (nSPS) is 14.6. The van der Waals surface area contributed by atoms with Crippen molar-refractivity contribution in [3.63, 3.8) is 0 Å². The Labute approximate surface area is 179 Å². The summed E-state index contributed by atoms with van der Waals surface area (Å²) < 4.78 is 9.67. The zero-order valence-corrected chi connectivity index (χ0v) is 17.9. The quantitative estimate of drug-likeness (QED) is 0.209. The van der Waals surface area contributed by atoms with E-state index in [4.69, 9.17) is 9.47 Å². The maximum Gasteiger partial charge on any atom is 0.347 e. The number of nitrogens with one attached hydrogen (secondary N) is 1. The third kappa shape index (κ3) is 6.21. The van der Waals surface area contributed by atoms with Gasteiger partial charge in [0.15, 0.2) is 5.57 Å². The van der Waals surface area contributed by atoms with Gasteiger partial charge in [-0.3, -0.25) is 14.5 Å². The second kappa shape index (κ2) is 11.2. The first-order valence-electron chi connectivity index (χ1n) is 9.47. The highest BCUT2D eigenvalue weighted by Gasteiger charge is 2.34. The summed E-state index contributed by atoms with van der Waals surface area (Å²) in [4.78, 5) is 50.0. The van der Waals surface area contributed by atoms with Crippen LogP contribution in [0.15, 0.2) is 40.9 Å². The molecule has 1 fully saturated rings. The number of ether oxygens (including phenoxy) is 2. The van der Waals surface area contributed by atoms with Crippen LogP contribution in [0.2, 0.25) is 0 Å². The highest BCUT2D eigenvalue weighted by Crippen LogP contribution is 2.31. The molecule has 0 atom stereocenters. The Morgan fingerprint density at radius 2 is 1.67 bits per heavy atom. The zero-order chi connectivity index (χ0) is 22.1. The van der Waals surface area contributed by atoms with Crippen LogP contribution in [0.3, 0.4) is 0 Å². The molecule has 0 aliphatic carbocycles. The van der Waals surface area contributed by atoms with Gasteiger partial charge in [0, 0.05) is 19.3 Å². The molecule has 0 spiro atoms. The molecular formula is C21H24N2O6S. The molecule has 1 heterocycles. The highest BCUT2D eigenvalue weighted by atomic mass is 32.2. The maximum absolute atomic E-state index is 12.5. The fourth-order valence-electron chi connectivity index (χ4n) is 2.48. The van der Waals surface area contributed by atoms with E-state index in [1.807, 2.05) is 31.2 Å². The van der Waals surface area contributed by atoms with Gasteiger partial charge in [-0.15, -0.1) is 0 Å². The predicted molar refractivity (Wildman–Crippen MR) is 113 cm³/mol. The second-order valence-corrected chi connectivity index (χ2v) is 7.19. The number of thioether (sulfide) groups is 1. The number of aryl methyl sites for hydroxylation is 1. The van der Waals surface area contributed by atoms with Crippen LogP contribution >= 0.6 is 11.8 Å². The summed E-state index contributed by atoms with van der Waals surface area (Å²) in [6.45, 7) is 5.66. The van der Waals surface area contributed by atoms with E-state index in [0.717, 1.165) is 27.8 Å². The minimum absolute atomic E-state index is 0.0747. The smallest absolute Gasteiger partial charge is 0.347 e. The third-order valence-corrected chi connectivity index (χ3v) is 4.87. The molecule has 9 heteroatoms. The lowest BCUT2D eigenvalue weighted by Gasteiger charge is -2.12. The first kappa shape index (κ1) is 23.2. The van der Waals surface area contributed by atoms with E-state index in [9.17, 15) is 19.2 Å². The third-order valence-electron chi connectivity index (χ3n) is 3.97. The molecule has 160 valence electrons. The lowest BCUT2D eigenvalue weighted by atomic mass is 10.1. The molecule has 0 bridgehead atoms. The Morgan fingerprint density at radius 3 is 2.23 bits per heavy atom. The average Bonchev–Trinajstić information content (AvgIpc) is 2.97. The van der Waals surface area contributed by atoms with Gasteiger partial charge in [-0.2, -0.15) is 0 Å². The molecular weight excluding hydrogens is 408 g/mol. The van der Waals surface area contributed by atoms with Crippen LogP contribution in [0.5, 0.6) is 0 Å². The largest absolute Gasteiger partial charge is 0.462 e. The Hall–Kier alpha value is -3.07. The summed E-state index contributed by atoms with van der Waals surface area (Å²) in [5.41, 5.74) is 1.65. The minimum atomic E-state index is -0.810. The van der Waals surface area contributed by atoms with Crippen molar-refractivity contribution < 1.29 is 28.7 Å². The molecule has 1 saturated heterocycles. The molecule has 0 radical (unpaired) electrons. The second-order valence-electron chi connectivity index (χ2n) is 6.20. The molecule has 2 rings (SSSR count). The summed E-state index contributed by atoms with van der Waals surface area (Å²) in [6.07, 6.45) is 2.86. The number of nitrogens with zero attached hydrogens (tertiary/aromatic N) is 1. The van der Waals surface area contributed by atoms with Gasteiger partial charge in [-0.25, -0.2) is 9.59 Å². The van der Waals surface area contributed by atoms with Crippen LogP contribution < -0.4 is 5.32 Å². The van der Waals surface area contributed by atoms with Crippen LogP contribution in [-0.4, -0.2) is 54.3 Å². The molecule has 0 unspecified atom stereocenters. The van der Waals surface area contributed by atoms with E-state index in [0.29, 0.717) is 4.91 Å². The average molecular weight is 432 g/mol. The van der Waals surface area contributed by atoms with Crippen LogP contribution in [0, 0.1) is 6.92 Å². The summed E-state index contributed by atoms with van der Waals surface area (Å²) in [7, 11) is 0. The first-order chi connectivity index (χ1) is 14.4. The number of hydrogen-bond donors (Lipinski definition) is 1. The molecule has 1 aliphatic heterocycles. The summed E-state index contributed by atoms with van der Waals surface area (Å²) >= 11 is 0.875. The molecule has 1 aliphatic rings. The number of esters is 2. The Kier molecular flexibility index (Phi) is 8.67. The molecule has 1 aromatic carbocycles. The first-order valence-corrected chi connectivity index (χ1v) is 10.3. The number of carbonyl (C=O) groups is 4. The van der Waals surface area contributed by atoms with Crippen LogP contribution in [-0.2, 0) is 23.9 Å². The SMILES string of the molecule is CCOC(=O)C(=CNCCN1C(=O)S/C(=C/c2ccc(C)cc2)C1=O)C(=O)OCC. The predicted octanol–water partition coefficient (Wildman–Crippen LogP) is 2.63. The van der Waals surface area contributed by atoms with Gasteiger partial charge in [0.1, 0.15) is 0 Å². The number of hydrogen-bond acceptors (Lipinski definition) is 8. The topological polar surface area (TPSA) is 102 Å². The molecule has 30 heavy (non-hydrogen) atoms. The summed E-state index contributed by atoms with van der Waals surface area (Å²) in [6, 6.07) is 7.61. The molecule has 2 amide bonds. The van der Waals surface area contributed by atoms with Gasteiger partial charge >= 0.3 is 11.9 Å². The van der Waals surface area contributed by atoms with E-state index >= 15 is 0 Å². The fraction of sp³-hybridized carbons (Fsp3) is 0.333. The van der Waals surface area contributed by atoms with Crippen molar-refractivity contribution in [2.24, 2.45) is 0 Å². The summed E-state index contributed by atoms with van der Waals surface area (Å²) in [5.74, 6) is -2.00. The van der Waals surface area contributed by atoms with E-state index < -0.39 is 11.9 Å². The van der Waals surface area contributed by atoms with Crippen molar-refractivity contribution in [1.82, 2.24) is 10.2 Å². The summed E-state index contributed by atoms with van der Waals surface area (Å²) in [5, 5.41) is 2.39.